The molecule has 0 aliphatic heterocycles. The third kappa shape index (κ3) is 10.7. The molecule has 2 rings (SSSR count). The number of benzene rings is 2. The van der Waals surface area contributed by atoms with Crippen LogP contribution in [0, 0.1) is 23.5 Å². The lowest BCUT2D eigenvalue weighted by Gasteiger charge is -2.19. The molecule has 1 unspecified atom stereocenters. The van der Waals surface area contributed by atoms with Gasteiger partial charge in [0.2, 0.25) is 5.91 Å². The summed E-state index contributed by atoms with van der Waals surface area (Å²) in [7, 11) is 1.64. The second-order valence-electron chi connectivity index (χ2n) is 8.96. The van der Waals surface area contributed by atoms with E-state index in [1.807, 2.05) is 6.92 Å². The molecule has 2 aromatic carbocycles. The number of hydrogen-bond acceptors (Lipinski definition) is 3. The van der Waals surface area contributed by atoms with Gasteiger partial charge in [0.15, 0.2) is 0 Å². The Kier molecular flexibility index (Phi) is 14.1. The standard InChI is InChI=1S/C32H38F3NO3/c1-5-27(39-21-9-20-38-4)10-8-11-28(30(35)6-2)31(7-3)36-32(37)22-29(23-12-16-25(33)17-13-23)24-14-18-26(34)19-15-24/h7,12-19,27,29H,5-6,9,11,20-22H2,1-4H3,(H,36,37). The summed E-state index contributed by atoms with van der Waals surface area (Å²) in [4.78, 5) is 13.2. The molecule has 0 spiro atoms. The van der Waals surface area contributed by atoms with Crippen LogP contribution in [0.1, 0.15) is 69.9 Å². The number of halogens is 3. The summed E-state index contributed by atoms with van der Waals surface area (Å²) in [5, 5.41) is 2.84. The Labute approximate surface area is 230 Å². The maximum absolute atomic E-state index is 14.9. The van der Waals surface area contributed by atoms with Gasteiger partial charge in [0.1, 0.15) is 23.6 Å². The molecule has 1 atom stereocenters. The number of allylic oxidation sites excluding steroid dienone is 3. The van der Waals surface area contributed by atoms with Crippen molar-refractivity contribution in [1.82, 2.24) is 5.32 Å². The Bertz CT molecular complexity index is 1120. The molecule has 39 heavy (non-hydrogen) atoms. The maximum Gasteiger partial charge on any atom is 0.225 e. The highest BCUT2D eigenvalue weighted by atomic mass is 19.1. The van der Waals surface area contributed by atoms with Gasteiger partial charge < -0.3 is 14.8 Å². The molecule has 0 aromatic heterocycles. The zero-order chi connectivity index (χ0) is 28.6. The van der Waals surface area contributed by atoms with Crippen molar-refractivity contribution in [3.63, 3.8) is 0 Å². The average Bonchev–Trinajstić information content (AvgIpc) is 2.95. The first kappa shape index (κ1) is 31.9. The molecule has 0 heterocycles. The first-order valence-electron chi connectivity index (χ1n) is 13.3. The first-order valence-corrected chi connectivity index (χ1v) is 13.3. The Morgan fingerprint density at radius 1 is 1.00 bits per heavy atom. The summed E-state index contributed by atoms with van der Waals surface area (Å²) >= 11 is 0. The highest BCUT2D eigenvalue weighted by molar-refractivity contribution is 5.80. The number of methoxy groups -OCH3 is 1. The van der Waals surface area contributed by atoms with Crippen molar-refractivity contribution in [2.45, 2.75) is 64.9 Å². The third-order valence-corrected chi connectivity index (χ3v) is 6.17. The minimum Gasteiger partial charge on any atom is -0.385 e. The Hall–Kier alpha value is -3.34. The highest BCUT2D eigenvalue weighted by Crippen LogP contribution is 2.29. The van der Waals surface area contributed by atoms with Crippen LogP contribution in [-0.4, -0.2) is 32.3 Å². The number of hydrogen-bond donors (Lipinski definition) is 1. The van der Waals surface area contributed by atoms with E-state index in [2.05, 4.69) is 17.2 Å². The van der Waals surface area contributed by atoms with E-state index in [1.54, 1.807) is 51.3 Å². The Morgan fingerprint density at radius 2 is 1.59 bits per heavy atom. The van der Waals surface area contributed by atoms with Gasteiger partial charge in [0, 0.05) is 43.7 Å². The summed E-state index contributed by atoms with van der Waals surface area (Å²) in [6, 6.07) is 11.7. The molecular formula is C32H38F3NO3. The van der Waals surface area contributed by atoms with E-state index in [1.165, 1.54) is 24.3 Å². The van der Waals surface area contributed by atoms with Gasteiger partial charge in [0.25, 0.3) is 0 Å². The van der Waals surface area contributed by atoms with Gasteiger partial charge in [-0.25, -0.2) is 13.2 Å². The second kappa shape index (κ2) is 17.3. The third-order valence-electron chi connectivity index (χ3n) is 6.17. The lowest BCUT2D eigenvalue weighted by atomic mass is 9.88. The minimum absolute atomic E-state index is 0.00543. The fraction of sp³-hybridized carbons (Fsp3) is 0.406. The van der Waals surface area contributed by atoms with Gasteiger partial charge in [-0.05, 0) is 61.6 Å². The fourth-order valence-corrected chi connectivity index (χ4v) is 4.02. The first-order chi connectivity index (χ1) is 18.8. The van der Waals surface area contributed by atoms with E-state index >= 15 is 0 Å². The fourth-order valence-electron chi connectivity index (χ4n) is 4.02. The molecule has 210 valence electrons. The van der Waals surface area contributed by atoms with E-state index in [4.69, 9.17) is 9.47 Å². The predicted molar refractivity (Wildman–Crippen MR) is 149 cm³/mol. The molecule has 0 radical (unpaired) electrons. The maximum atomic E-state index is 14.9. The van der Waals surface area contributed by atoms with Crippen molar-refractivity contribution in [2.24, 2.45) is 0 Å². The Balaban J connectivity index is 2.19. The molecule has 0 aliphatic rings. The molecule has 1 amide bonds. The van der Waals surface area contributed by atoms with Crippen LogP contribution in [-0.2, 0) is 14.3 Å². The van der Waals surface area contributed by atoms with Crippen LogP contribution in [0.4, 0.5) is 13.2 Å². The van der Waals surface area contributed by atoms with Crippen molar-refractivity contribution in [3.8, 4) is 11.8 Å². The van der Waals surface area contributed by atoms with Crippen LogP contribution < -0.4 is 5.32 Å². The van der Waals surface area contributed by atoms with Crippen molar-refractivity contribution in [3.05, 3.63) is 94.5 Å². The summed E-state index contributed by atoms with van der Waals surface area (Å²) in [5.74, 6) is 4.12. The van der Waals surface area contributed by atoms with Gasteiger partial charge in [-0.2, -0.15) is 0 Å². The number of carbonyl (C=O) groups excluding carboxylic acids is 1. The predicted octanol–water partition coefficient (Wildman–Crippen LogP) is 7.37. The molecule has 2 aromatic rings. The van der Waals surface area contributed by atoms with Crippen LogP contribution >= 0.6 is 0 Å². The second-order valence-corrected chi connectivity index (χ2v) is 8.96. The number of rotatable bonds is 14. The van der Waals surface area contributed by atoms with Crippen LogP contribution in [0.25, 0.3) is 0 Å². The number of carbonyl (C=O) groups is 1. The Morgan fingerprint density at radius 3 is 2.08 bits per heavy atom. The number of nitrogens with one attached hydrogen (secondary N) is 1. The molecule has 4 nitrogen and oxygen atoms in total. The SMILES string of the molecule is CC=C(NC(=O)CC(c1ccc(F)cc1)c1ccc(F)cc1)C(CC#CC(CC)OCCCOC)=C(F)CC. The van der Waals surface area contributed by atoms with E-state index in [-0.39, 0.29) is 37.1 Å². The molecule has 0 fully saturated rings. The average molecular weight is 542 g/mol. The number of amides is 1. The summed E-state index contributed by atoms with van der Waals surface area (Å²) in [6.07, 6.45) is 3.08. The van der Waals surface area contributed by atoms with Gasteiger partial charge in [-0.1, -0.05) is 56.0 Å². The summed E-state index contributed by atoms with van der Waals surface area (Å²) in [5.41, 5.74) is 2.07. The molecule has 0 saturated heterocycles. The van der Waals surface area contributed by atoms with Crippen LogP contribution in [0.5, 0.6) is 0 Å². The van der Waals surface area contributed by atoms with E-state index in [0.29, 0.717) is 42.0 Å². The molecule has 7 heteroatoms. The molecule has 0 saturated carbocycles. The topological polar surface area (TPSA) is 47.6 Å². The van der Waals surface area contributed by atoms with E-state index in [0.717, 1.165) is 6.42 Å². The minimum atomic E-state index is -0.451. The van der Waals surface area contributed by atoms with Gasteiger partial charge in [-0.3, -0.25) is 4.79 Å². The molecular weight excluding hydrogens is 503 g/mol. The summed E-state index contributed by atoms with van der Waals surface area (Å²) < 4.78 is 52.8. The van der Waals surface area contributed by atoms with Crippen molar-refractivity contribution in [1.29, 1.82) is 0 Å². The van der Waals surface area contributed by atoms with Gasteiger partial charge in [-0.15, -0.1) is 0 Å². The van der Waals surface area contributed by atoms with Gasteiger partial charge >= 0.3 is 0 Å². The van der Waals surface area contributed by atoms with Gasteiger partial charge in [0.05, 0.1) is 6.61 Å². The lowest BCUT2D eigenvalue weighted by molar-refractivity contribution is -0.120. The van der Waals surface area contributed by atoms with Crippen LogP contribution in [0.2, 0.25) is 0 Å². The summed E-state index contributed by atoms with van der Waals surface area (Å²) in [6.45, 7) is 6.51. The number of ether oxygens (including phenoxy) is 2. The van der Waals surface area contributed by atoms with Crippen molar-refractivity contribution in [2.75, 3.05) is 20.3 Å². The van der Waals surface area contributed by atoms with Crippen LogP contribution in [0.3, 0.4) is 0 Å². The zero-order valence-corrected chi connectivity index (χ0v) is 23.2. The van der Waals surface area contributed by atoms with E-state index in [9.17, 15) is 18.0 Å². The monoisotopic (exact) mass is 541 g/mol. The zero-order valence-electron chi connectivity index (χ0n) is 23.2. The lowest BCUT2D eigenvalue weighted by Crippen LogP contribution is -2.26. The molecule has 0 bridgehead atoms. The quantitative estimate of drug-likeness (QED) is 0.154. The molecule has 0 aliphatic carbocycles. The van der Waals surface area contributed by atoms with Crippen LogP contribution in [0.15, 0.2) is 71.7 Å². The molecule has 1 N–H and O–H groups in total. The smallest absolute Gasteiger partial charge is 0.225 e. The van der Waals surface area contributed by atoms with Crippen molar-refractivity contribution >= 4 is 5.91 Å². The largest absolute Gasteiger partial charge is 0.385 e. The van der Waals surface area contributed by atoms with Crippen molar-refractivity contribution < 1.29 is 27.4 Å². The highest BCUT2D eigenvalue weighted by Gasteiger charge is 2.21. The van der Waals surface area contributed by atoms with E-state index < -0.39 is 17.6 Å². The normalized spacial score (nSPS) is 13.0.